The molecule has 0 aliphatic carbocycles. The maximum absolute atomic E-state index is 12.2. The Morgan fingerprint density at radius 2 is 1.64 bits per heavy atom. The lowest BCUT2D eigenvalue weighted by atomic mass is 10.3. The molecule has 0 fully saturated rings. The molecule has 5 nitrogen and oxygen atoms in total. The smallest absolute Gasteiger partial charge is 0.494 e. The van der Waals surface area contributed by atoms with Crippen LogP contribution in [0.15, 0.2) is 59.5 Å². The van der Waals surface area contributed by atoms with Crippen LogP contribution in [-0.4, -0.2) is 27.9 Å². The fourth-order valence-electron chi connectivity index (χ4n) is 1.91. The predicted molar refractivity (Wildman–Crippen MR) is 84.9 cm³/mol. The van der Waals surface area contributed by atoms with Crippen LogP contribution in [-0.2, 0) is 10.0 Å². The van der Waals surface area contributed by atoms with Gasteiger partial charge in [-0.1, -0.05) is 24.3 Å². The van der Waals surface area contributed by atoms with Crippen molar-refractivity contribution in [2.75, 3.05) is 13.2 Å². The van der Waals surface area contributed by atoms with Crippen molar-refractivity contribution in [2.24, 2.45) is 0 Å². The maximum Gasteiger partial charge on any atom is 0.573 e. The minimum absolute atomic E-state index is 0.0829. The minimum atomic E-state index is -4.88. The standard InChI is InChI=1S/C16H16F3NO4S/c17-16(18,19)24-14-8-4-9-15(12-14)25(21,22)20-10-5-11-23-13-6-2-1-3-7-13/h1-4,6-9,12,20H,5,10-11H2. The monoisotopic (exact) mass is 375 g/mol. The second kappa shape index (κ2) is 8.21. The van der Waals surface area contributed by atoms with Crippen LogP contribution in [0.3, 0.4) is 0 Å². The summed E-state index contributed by atoms with van der Waals surface area (Å²) in [5.41, 5.74) is 0. The number of nitrogens with one attached hydrogen (secondary N) is 1. The van der Waals surface area contributed by atoms with Crippen molar-refractivity contribution in [1.82, 2.24) is 4.72 Å². The first-order valence-corrected chi connectivity index (χ1v) is 8.78. The number of ether oxygens (including phenoxy) is 2. The van der Waals surface area contributed by atoms with E-state index in [2.05, 4.69) is 9.46 Å². The molecule has 0 radical (unpaired) electrons. The van der Waals surface area contributed by atoms with Gasteiger partial charge in [0.25, 0.3) is 0 Å². The van der Waals surface area contributed by atoms with Crippen LogP contribution in [0.25, 0.3) is 0 Å². The molecule has 0 aliphatic heterocycles. The Bertz CT molecular complexity index is 779. The number of hydrogen-bond acceptors (Lipinski definition) is 4. The van der Waals surface area contributed by atoms with E-state index in [1.807, 2.05) is 18.2 Å². The third-order valence-electron chi connectivity index (χ3n) is 2.97. The Morgan fingerprint density at radius 1 is 0.960 bits per heavy atom. The predicted octanol–water partition coefficient (Wildman–Crippen LogP) is 3.33. The summed E-state index contributed by atoms with van der Waals surface area (Å²) in [6.45, 7) is 0.378. The van der Waals surface area contributed by atoms with Crippen LogP contribution in [0.2, 0.25) is 0 Å². The van der Waals surface area contributed by atoms with E-state index < -0.39 is 22.1 Å². The Labute approximate surface area is 143 Å². The van der Waals surface area contributed by atoms with Crippen LogP contribution < -0.4 is 14.2 Å². The summed E-state index contributed by atoms with van der Waals surface area (Å²) in [6.07, 6.45) is -4.49. The summed E-state index contributed by atoms with van der Waals surface area (Å²) in [5, 5.41) is 0. The third-order valence-corrected chi connectivity index (χ3v) is 4.43. The highest BCUT2D eigenvalue weighted by atomic mass is 32.2. The van der Waals surface area contributed by atoms with E-state index in [0.717, 1.165) is 12.1 Å². The van der Waals surface area contributed by atoms with Crippen LogP contribution in [0, 0.1) is 0 Å². The Hall–Kier alpha value is -2.26. The summed E-state index contributed by atoms with van der Waals surface area (Å²) in [7, 11) is -3.94. The minimum Gasteiger partial charge on any atom is -0.494 e. The van der Waals surface area contributed by atoms with Crippen LogP contribution in [0.5, 0.6) is 11.5 Å². The second-order valence-electron chi connectivity index (χ2n) is 4.94. The maximum atomic E-state index is 12.2. The van der Waals surface area contributed by atoms with Gasteiger partial charge in [0, 0.05) is 12.6 Å². The molecule has 0 aliphatic rings. The summed E-state index contributed by atoms with van der Waals surface area (Å²) in [6, 6.07) is 13.2. The number of hydrogen-bond donors (Lipinski definition) is 1. The van der Waals surface area contributed by atoms with Gasteiger partial charge >= 0.3 is 6.36 Å². The fourth-order valence-corrected chi connectivity index (χ4v) is 3.02. The summed E-state index contributed by atoms with van der Waals surface area (Å²) in [5.74, 6) is 0.0742. The molecule has 1 N–H and O–H groups in total. The Morgan fingerprint density at radius 3 is 2.32 bits per heavy atom. The molecule has 0 amide bonds. The summed E-state index contributed by atoms with van der Waals surface area (Å²) in [4.78, 5) is -0.307. The third kappa shape index (κ3) is 6.63. The van der Waals surface area contributed by atoms with Gasteiger partial charge in [-0.25, -0.2) is 13.1 Å². The van der Waals surface area contributed by atoms with Crippen LogP contribution in [0.4, 0.5) is 13.2 Å². The topological polar surface area (TPSA) is 64.6 Å². The molecule has 0 spiro atoms. The number of para-hydroxylation sites is 1. The van der Waals surface area contributed by atoms with E-state index in [1.165, 1.54) is 12.1 Å². The normalized spacial score (nSPS) is 12.0. The SMILES string of the molecule is O=S(=O)(NCCCOc1ccccc1)c1cccc(OC(F)(F)F)c1. The quantitative estimate of drug-likeness (QED) is 0.719. The van der Waals surface area contributed by atoms with Gasteiger partial charge in [-0.05, 0) is 30.7 Å². The molecular formula is C16H16F3NO4S. The molecule has 136 valence electrons. The molecule has 0 heterocycles. The van der Waals surface area contributed by atoms with Crippen molar-refractivity contribution in [3.05, 3.63) is 54.6 Å². The molecule has 0 saturated carbocycles. The van der Waals surface area contributed by atoms with Crippen LogP contribution >= 0.6 is 0 Å². The lowest BCUT2D eigenvalue weighted by Gasteiger charge is -2.11. The van der Waals surface area contributed by atoms with E-state index >= 15 is 0 Å². The molecule has 0 bridgehead atoms. The van der Waals surface area contributed by atoms with Gasteiger partial charge in [0.15, 0.2) is 0 Å². The van der Waals surface area contributed by atoms with E-state index in [-0.39, 0.29) is 11.4 Å². The second-order valence-corrected chi connectivity index (χ2v) is 6.70. The van der Waals surface area contributed by atoms with E-state index in [0.29, 0.717) is 18.8 Å². The first kappa shape index (κ1) is 19.1. The van der Waals surface area contributed by atoms with E-state index in [1.54, 1.807) is 12.1 Å². The number of halogens is 3. The van der Waals surface area contributed by atoms with Gasteiger partial charge < -0.3 is 9.47 Å². The molecule has 9 heteroatoms. The highest BCUT2D eigenvalue weighted by Crippen LogP contribution is 2.24. The van der Waals surface area contributed by atoms with Crippen molar-refractivity contribution >= 4 is 10.0 Å². The van der Waals surface area contributed by atoms with Gasteiger partial charge in [-0.3, -0.25) is 0 Å². The first-order valence-electron chi connectivity index (χ1n) is 7.30. The first-order chi connectivity index (χ1) is 11.8. The lowest BCUT2D eigenvalue weighted by molar-refractivity contribution is -0.274. The van der Waals surface area contributed by atoms with Crippen molar-refractivity contribution in [3.8, 4) is 11.5 Å². The van der Waals surface area contributed by atoms with Gasteiger partial charge in [0.2, 0.25) is 10.0 Å². The molecule has 0 atom stereocenters. The van der Waals surface area contributed by atoms with Crippen molar-refractivity contribution in [2.45, 2.75) is 17.7 Å². The zero-order valence-electron chi connectivity index (χ0n) is 13.0. The van der Waals surface area contributed by atoms with E-state index in [9.17, 15) is 21.6 Å². The molecule has 0 saturated heterocycles. The number of benzene rings is 2. The van der Waals surface area contributed by atoms with E-state index in [4.69, 9.17) is 4.74 Å². The number of sulfonamides is 1. The zero-order chi connectivity index (χ0) is 18.3. The summed E-state index contributed by atoms with van der Waals surface area (Å²) < 4.78 is 72.2. The van der Waals surface area contributed by atoms with Gasteiger partial charge in [-0.15, -0.1) is 13.2 Å². The number of rotatable bonds is 8. The molecule has 2 aromatic rings. The Kier molecular flexibility index (Phi) is 6.27. The fraction of sp³-hybridized carbons (Fsp3) is 0.250. The van der Waals surface area contributed by atoms with Crippen molar-refractivity contribution < 1.29 is 31.1 Å². The molecule has 2 rings (SSSR count). The average molecular weight is 375 g/mol. The van der Waals surface area contributed by atoms with Crippen molar-refractivity contribution in [1.29, 1.82) is 0 Å². The van der Waals surface area contributed by atoms with Crippen molar-refractivity contribution in [3.63, 3.8) is 0 Å². The lowest BCUT2D eigenvalue weighted by Crippen LogP contribution is -2.26. The van der Waals surface area contributed by atoms with Gasteiger partial charge in [0.1, 0.15) is 11.5 Å². The van der Waals surface area contributed by atoms with Gasteiger partial charge in [-0.2, -0.15) is 0 Å². The van der Waals surface area contributed by atoms with Crippen LogP contribution in [0.1, 0.15) is 6.42 Å². The molecule has 0 unspecified atom stereocenters. The number of alkyl halides is 3. The van der Waals surface area contributed by atoms with Gasteiger partial charge in [0.05, 0.1) is 11.5 Å². The summed E-state index contributed by atoms with van der Waals surface area (Å²) >= 11 is 0. The molecular weight excluding hydrogens is 359 g/mol. The Balaban J connectivity index is 1.85. The highest BCUT2D eigenvalue weighted by molar-refractivity contribution is 7.89. The zero-order valence-corrected chi connectivity index (χ0v) is 13.8. The molecule has 25 heavy (non-hydrogen) atoms. The largest absolute Gasteiger partial charge is 0.573 e. The average Bonchev–Trinajstić information content (AvgIpc) is 2.54. The highest BCUT2D eigenvalue weighted by Gasteiger charge is 2.31. The molecule has 0 aromatic heterocycles. The molecule has 2 aromatic carbocycles.